The molecule has 1 fully saturated rings. The number of hydrogen-bond donors (Lipinski definition) is 2. The maximum Gasteiger partial charge on any atom is 0.251 e. The number of anilines is 1. The van der Waals surface area contributed by atoms with Crippen molar-refractivity contribution >= 4 is 27.5 Å². The molecule has 0 radical (unpaired) electrons. The van der Waals surface area contributed by atoms with Crippen LogP contribution in [0.3, 0.4) is 0 Å². The molecule has 1 heterocycles. The molecule has 2 atom stereocenters. The van der Waals surface area contributed by atoms with Crippen molar-refractivity contribution < 1.29 is 4.79 Å². The zero-order valence-electron chi connectivity index (χ0n) is 12.2. The van der Waals surface area contributed by atoms with E-state index in [0.717, 1.165) is 29.5 Å². The largest absolute Gasteiger partial charge is 0.398 e. The zero-order chi connectivity index (χ0) is 14.9. The van der Waals surface area contributed by atoms with Gasteiger partial charge in [-0.3, -0.25) is 4.79 Å². The maximum atomic E-state index is 12.5. The van der Waals surface area contributed by atoms with Crippen LogP contribution in [0.25, 0.3) is 0 Å². The molecule has 1 aromatic rings. The van der Waals surface area contributed by atoms with E-state index in [2.05, 4.69) is 40.1 Å². The van der Waals surface area contributed by atoms with Gasteiger partial charge < -0.3 is 16.0 Å². The minimum atomic E-state index is -0.0306. The first-order valence-corrected chi connectivity index (χ1v) is 7.73. The molecule has 0 saturated carbocycles. The number of likely N-dealkylation sites (tertiary alicyclic amines) is 1. The molecule has 20 heavy (non-hydrogen) atoms. The number of carbonyl (C=O) groups excluding carboxylic acids is 1. The van der Waals surface area contributed by atoms with Crippen molar-refractivity contribution in [2.45, 2.75) is 26.3 Å². The van der Waals surface area contributed by atoms with Crippen LogP contribution in [0.1, 0.15) is 29.3 Å². The number of nitrogens with two attached hydrogens (primary N) is 1. The number of benzene rings is 1. The summed E-state index contributed by atoms with van der Waals surface area (Å²) in [5.74, 6) is 0.430. The SMILES string of the molecule is Cc1c(N)cc(Br)cc1C(=O)NC1CCN(C)CC1C. The van der Waals surface area contributed by atoms with Crippen molar-refractivity contribution in [3.8, 4) is 0 Å². The average molecular weight is 340 g/mol. The van der Waals surface area contributed by atoms with E-state index < -0.39 is 0 Å². The molecule has 0 spiro atoms. The number of amides is 1. The Labute approximate surface area is 128 Å². The van der Waals surface area contributed by atoms with Crippen molar-refractivity contribution in [3.63, 3.8) is 0 Å². The molecule has 1 aliphatic rings. The average Bonchev–Trinajstić information content (AvgIpc) is 2.37. The lowest BCUT2D eigenvalue weighted by molar-refractivity contribution is 0.0883. The van der Waals surface area contributed by atoms with Crippen LogP contribution in [0, 0.1) is 12.8 Å². The fourth-order valence-electron chi connectivity index (χ4n) is 2.75. The maximum absolute atomic E-state index is 12.5. The Morgan fingerprint density at radius 2 is 2.20 bits per heavy atom. The fraction of sp³-hybridized carbons (Fsp3) is 0.533. The van der Waals surface area contributed by atoms with Gasteiger partial charge in [-0.25, -0.2) is 0 Å². The smallest absolute Gasteiger partial charge is 0.251 e. The predicted octanol–water partition coefficient (Wildman–Crippen LogP) is 2.41. The van der Waals surface area contributed by atoms with Crippen LogP contribution in [0.15, 0.2) is 16.6 Å². The molecule has 0 aromatic heterocycles. The van der Waals surface area contributed by atoms with Gasteiger partial charge in [0.15, 0.2) is 0 Å². The van der Waals surface area contributed by atoms with Crippen LogP contribution in [-0.2, 0) is 0 Å². The number of piperidine rings is 1. The summed E-state index contributed by atoms with van der Waals surface area (Å²) in [4.78, 5) is 14.8. The van der Waals surface area contributed by atoms with Crippen LogP contribution >= 0.6 is 15.9 Å². The second-order valence-corrected chi connectivity index (χ2v) is 6.69. The third kappa shape index (κ3) is 3.33. The lowest BCUT2D eigenvalue weighted by atomic mass is 9.93. The highest BCUT2D eigenvalue weighted by atomic mass is 79.9. The van der Waals surface area contributed by atoms with Crippen LogP contribution < -0.4 is 11.1 Å². The molecule has 1 saturated heterocycles. The molecule has 1 amide bonds. The van der Waals surface area contributed by atoms with Crippen LogP contribution in [0.4, 0.5) is 5.69 Å². The van der Waals surface area contributed by atoms with Gasteiger partial charge in [-0.05, 0) is 50.6 Å². The summed E-state index contributed by atoms with van der Waals surface area (Å²) in [6.07, 6.45) is 0.992. The normalized spacial score (nSPS) is 23.6. The number of nitrogens with one attached hydrogen (secondary N) is 1. The Kier molecular flexibility index (Phi) is 4.70. The van der Waals surface area contributed by atoms with Gasteiger partial charge in [0.1, 0.15) is 0 Å². The molecule has 0 aliphatic carbocycles. The summed E-state index contributed by atoms with van der Waals surface area (Å²) in [6, 6.07) is 3.89. The van der Waals surface area contributed by atoms with E-state index in [1.165, 1.54) is 0 Å². The Morgan fingerprint density at radius 3 is 2.85 bits per heavy atom. The first-order valence-electron chi connectivity index (χ1n) is 6.93. The molecule has 2 unspecified atom stereocenters. The number of halogens is 1. The Balaban J connectivity index is 2.13. The minimum absolute atomic E-state index is 0.0306. The van der Waals surface area contributed by atoms with Gasteiger partial charge in [0.25, 0.3) is 5.91 Å². The third-order valence-electron chi connectivity index (χ3n) is 4.08. The molecule has 3 N–H and O–H groups in total. The Morgan fingerprint density at radius 1 is 1.50 bits per heavy atom. The van der Waals surface area contributed by atoms with E-state index in [1.807, 2.05) is 19.1 Å². The van der Waals surface area contributed by atoms with Crippen molar-refractivity contribution in [3.05, 3.63) is 27.7 Å². The summed E-state index contributed by atoms with van der Waals surface area (Å²) in [5, 5.41) is 3.16. The van der Waals surface area contributed by atoms with Gasteiger partial charge in [-0.1, -0.05) is 22.9 Å². The summed E-state index contributed by atoms with van der Waals surface area (Å²) < 4.78 is 0.835. The van der Waals surface area contributed by atoms with E-state index >= 15 is 0 Å². The standard InChI is InChI=1S/C15H22BrN3O/c1-9-8-19(3)5-4-14(9)18-15(20)12-6-11(16)7-13(17)10(12)2/h6-7,9,14H,4-5,8,17H2,1-3H3,(H,18,20). The number of nitrogens with zero attached hydrogens (tertiary/aromatic N) is 1. The van der Waals surface area contributed by atoms with Crippen molar-refractivity contribution in [1.82, 2.24) is 10.2 Å². The van der Waals surface area contributed by atoms with Crippen LogP contribution in [0.2, 0.25) is 0 Å². The molecular formula is C15H22BrN3O. The van der Waals surface area contributed by atoms with Gasteiger partial charge in [-0.2, -0.15) is 0 Å². The Hall–Kier alpha value is -1.07. The van der Waals surface area contributed by atoms with Gasteiger partial charge in [0.05, 0.1) is 0 Å². The number of hydrogen-bond acceptors (Lipinski definition) is 3. The van der Waals surface area contributed by atoms with E-state index in [9.17, 15) is 4.79 Å². The van der Waals surface area contributed by atoms with E-state index in [-0.39, 0.29) is 11.9 Å². The topological polar surface area (TPSA) is 58.4 Å². The highest BCUT2D eigenvalue weighted by Gasteiger charge is 2.26. The van der Waals surface area contributed by atoms with Crippen LogP contribution in [0.5, 0.6) is 0 Å². The molecule has 4 nitrogen and oxygen atoms in total. The summed E-state index contributed by atoms with van der Waals surface area (Å²) in [5.41, 5.74) is 8.06. The third-order valence-corrected chi connectivity index (χ3v) is 4.54. The van der Waals surface area contributed by atoms with Crippen molar-refractivity contribution in [2.75, 3.05) is 25.9 Å². The summed E-state index contributed by atoms with van der Waals surface area (Å²) in [6.45, 7) is 6.11. The number of carbonyl (C=O) groups is 1. The van der Waals surface area contributed by atoms with Crippen molar-refractivity contribution in [2.24, 2.45) is 5.92 Å². The van der Waals surface area contributed by atoms with Gasteiger partial charge >= 0.3 is 0 Å². The predicted molar refractivity (Wildman–Crippen MR) is 85.8 cm³/mol. The molecule has 110 valence electrons. The molecule has 1 aliphatic heterocycles. The minimum Gasteiger partial charge on any atom is -0.398 e. The summed E-state index contributed by atoms with van der Waals surface area (Å²) in [7, 11) is 2.12. The highest BCUT2D eigenvalue weighted by molar-refractivity contribution is 9.10. The Bertz CT molecular complexity index is 518. The molecule has 2 rings (SSSR count). The first-order chi connectivity index (χ1) is 9.38. The molecule has 1 aromatic carbocycles. The quantitative estimate of drug-likeness (QED) is 0.813. The second kappa shape index (κ2) is 6.14. The van der Waals surface area contributed by atoms with E-state index in [0.29, 0.717) is 17.2 Å². The molecule has 0 bridgehead atoms. The van der Waals surface area contributed by atoms with E-state index in [1.54, 1.807) is 0 Å². The first kappa shape index (κ1) is 15.3. The zero-order valence-corrected chi connectivity index (χ0v) is 13.8. The van der Waals surface area contributed by atoms with Crippen LogP contribution in [-0.4, -0.2) is 37.0 Å². The number of nitrogen functional groups attached to an aromatic ring is 1. The summed E-state index contributed by atoms with van der Waals surface area (Å²) >= 11 is 3.39. The lowest BCUT2D eigenvalue weighted by Gasteiger charge is -2.35. The van der Waals surface area contributed by atoms with Gasteiger partial charge in [-0.15, -0.1) is 0 Å². The second-order valence-electron chi connectivity index (χ2n) is 5.78. The van der Waals surface area contributed by atoms with Gasteiger partial charge in [0, 0.05) is 28.3 Å². The number of rotatable bonds is 2. The highest BCUT2D eigenvalue weighted by Crippen LogP contribution is 2.23. The lowest BCUT2D eigenvalue weighted by Crippen LogP contribution is -2.49. The molecule has 5 heteroatoms. The molecular weight excluding hydrogens is 318 g/mol. The van der Waals surface area contributed by atoms with Crippen molar-refractivity contribution in [1.29, 1.82) is 0 Å². The fourth-order valence-corrected chi connectivity index (χ4v) is 3.23. The van der Waals surface area contributed by atoms with Gasteiger partial charge in [0.2, 0.25) is 0 Å². The monoisotopic (exact) mass is 339 g/mol. The van der Waals surface area contributed by atoms with E-state index in [4.69, 9.17) is 5.73 Å².